The van der Waals surface area contributed by atoms with E-state index in [-0.39, 0.29) is 31.0 Å². The zero-order chi connectivity index (χ0) is 26.4. The van der Waals surface area contributed by atoms with E-state index in [9.17, 15) is 13.8 Å². The number of alkyl halides is 1. The van der Waals surface area contributed by atoms with E-state index in [1.807, 2.05) is 0 Å². The summed E-state index contributed by atoms with van der Waals surface area (Å²) in [6.45, 7) is 4.73. The zero-order valence-corrected chi connectivity index (χ0v) is 21.9. The summed E-state index contributed by atoms with van der Waals surface area (Å²) in [5.41, 5.74) is 5.59. The van der Waals surface area contributed by atoms with Crippen LogP contribution in [0, 0.1) is 5.92 Å². The van der Waals surface area contributed by atoms with Gasteiger partial charge in [-0.3, -0.25) is 9.36 Å². The first kappa shape index (κ1) is 29.5. The van der Waals surface area contributed by atoms with Gasteiger partial charge in [0.25, 0.3) is 0 Å². The van der Waals surface area contributed by atoms with E-state index in [4.69, 9.17) is 24.5 Å². The number of nitrogens with two attached hydrogens (primary N) is 1. The number of aromatic nitrogens is 2. The number of nitrogens with zero attached hydrogens (tertiary/aromatic N) is 2. The molecule has 0 aliphatic rings. The van der Waals surface area contributed by atoms with Crippen molar-refractivity contribution in [2.45, 2.75) is 52.2 Å². The molecule has 2 rings (SSSR count). The standard InChI is InChI=1S/C24H36FN4O6P/c1-4-5-9-14-32-23(30)22(18(2)3)29-36(31,35-19-10-7-6-8-11-19)17-34-20(15-25)16-33-24-27-13-12-21(26)28-24/h6-8,10-13,18,20,22H,4-5,9,14-17H2,1-3H3,(H,29,31)(H2,26,27,28)/t20-,22-,36?/m0/s1. The molecule has 12 heteroatoms. The second-order valence-corrected chi connectivity index (χ2v) is 10.5. The van der Waals surface area contributed by atoms with Crippen LogP contribution in [0.3, 0.4) is 0 Å². The highest BCUT2D eigenvalue weighted by atomic mass is 31.2. The molecule has 1 aromatic heterocycles. The summed E-state index contributed by atoms with van der Waals surface area (Å²) in [4.78, 5) is 20.5. The van der Waals surface area contributed by atoms with Gasteiger partial charge >= 0.3 is 19.5 Å². The van der Waals surface area contributed by atoms with Gasteiger partial charge in [0, 0.05) is 6.20 Å². The van der Waals surface area contributed by atoms with E-state index < -0.39 is 38.7 Å². The van der Waals surface area contributed by atoms with Crippen LogP contribution in [-0.4, -0.2) is 54.3 Å². The highest BCUT2D eigenvalue weighted by molar-refractivity contribution is 7.57. The molecule has 0 saturated carbocycles. The second-order valence-electron chi connectivity index (χ2n) is 8.45. The molecule has 1 unspecified atom stereocenters. The number of para-hydroxylation sites is 1. The van der Waals surface area contributed by atoms with Gasteiger partial charge in [0.15, 0.2) is 0 Å². The van der Waals surface area contributed by atoms with Crippen molar-refractivity contribution >= 4 is 19.3 Å². The van der Waals surface area contributed by atoms with Crippen molar-refractivity contribution in [3.8, 4) is 11.8 Å². The first-order valence-corrected chi connectivity index (χ1v) is 13.7. The topological polar surface area (TPSA) is 135 Å². The number of hydrogen-bond donors (Lipinski definition) is 2. The number of carbonyl (C=O) groups excluding carboxylic acids is 1. The number of rotatable bonds is 17. The van der Waals surface area contributed by atoms with Gasteiger partial charge in [-0.25, -0.2) is 14.5 Å². The normalized spacial score (nSPS) is 14.6. The van der Waals surface area contributed by atoms with Crippen molar-refractivity contribution in [1.29, 1.82) is 0 Å². The van der Waals surface area contributed by atoms with Gasteiger partial charge in [0.2, 0.25) is 0 Å². The summed E-state index contributed by atoms with van der Waals surface area (Å²) in [7, 11) is -3.87. The Morgan fingerprint density at radius 2 is 1.94 bits per heavy atom. The maximum atomic E-state index is 13.8. The maximum absolute atomic E-state index is 13.8. The van der Waals surface area contributed by atoms with Gasteiger partial charge < -0.3 is 24.5 Å². The lowest BCUT2D eigenvalue weighted by Crippen LogP contribution is -2.42. The van der Waals surface area contributed by atoms with Crippen molar-refractivity contribution in [3.63, 3.8) is 0 Å². The Balaban J connectivity index is 2.10. The molecule has 0 radical (unpaired) electrons. The number of hydrogen-bond acceptors (Lipinski definition) is 9. The van der Waals surface area contributed by atoms with Gasteiger partial charge in [0.1, 0.15) is 43.3 Å². The molecule has 3 N–H and O–H groups in total. The third kappa shape index (κ3) is 10.5. The highest BCUT2D eigenvalue weighted by Gasteiger charge is 2.36. The molecular weight excluding hydrogens is 490 g/mol. The first-order valence-electron chi connectivity index (χ1n) is 11.9. The molecule has 0 amide bonds. The Kier molecular flexibility index (Phi) is 12.6. The number of anilines is 1. The molecule has 2 aromatic rings. The Morgan fingerprint density at radius 1 is 1.19 bits per heavy atom. The average Bonchev–Trinajstić information content (AvgIpc) is 2.86. The van der Waals surface area contributed by atoms with Crippen molar-refractivity contribution in [2.24, 2.45) is 5.92 Å². The minimum atomic E-state index is -3.87. The Hall–Kier alpha value is -2.75. The van der Waals surface area contributed by atoms with Gasteiger partial charge in [-0.2, -0.15) is 4.98 Å². The van der Waals surface area contributed by atoms with Crippen LogP contribution < -0.4 is 20.1 Å². The smallest absolute Gasteiger partial charge is 0.342 e. The number of benzene rings is 1. The number of esters is 1. The van der Waals surface area contributed by atoms with Crippen molar-refractivity contribution in [3.05, 3.63) is 42.6 Å². The molecule has 10 nitrogen and oxygen atoms in total. The van der Waals surface area contributed by atoms with Gasteiger partial charge in [-0.1, -0.05) is 51.8 Å². The van der Waals surface area contributed by atoms with E-state index in [1.165, 1.54) is 12.3 Å². The monoisotopic (exact) mass is 526 g/mol. The Morgan fingerprint density at radius 3 is 2.58 bits per heavy atom. The maximum Gasteiger partial charge on any atom is 0.342 e. The highest BCUT2D eigenvalue weighted by Crippen LogP contribution is 2.44. The van der Waals surface area contributed by atoms with Crippen LogP contribution in [0.4, 0.5) is 10.2 Å². The van der Waals surface area contributed by atoms with Crippen LogP contribution in [0.1, 0.15) is 40.0 Å². The van der Waals surface area contributed by atoms with Gasteiger partial charge in [-0.05, 0) is 30.5 Å². The van der Waals surface area contributed by atoms with Gasteiger partial charge in [0.05, 0.1) is 6.61 Å². The lowest BCUT2D eigenvalue weighted by molar-refractivity contribution is -0.147. The van der Waals surface area contributed by atoms with E-state index in [1.54, 1.807) is 44.2 Å². The molecule has 0 fully saturated rings. The summed E-state index contributed by atoms with van der Waals surface area (Å²) in [6.07, 6.45) is 2.45. The summed E-state index contributed by atoms with van der Waals surface area (Å²) in [5.74, 6) is -0.305. The largest absolute Gasteiger partial charge is 0.465 e. The zero-order valence-electron chi connectivity index (χ0n) is 21.0. The predicted molar refractivity (Wildman–Crippen MR) is 135 cm³/mol. The fourth-order valence-electron chi connectivity index (χ4n) is 2.97. The Labute approximate surface area is 211 Å². The average molecular weight is 527 g/mol. The van der Waals surface area contributed by atoms with Crippen molar-refractivity contribution < 1.29 is 32.5 Å². The van der Waals surface area contributed by atoms with Crippen LogP contribution in [0.15, 0.2) is 42.6 Å². The quantitative estimate of drug-likeness (QED) is 0.174. The number of carbonyl (C=O) groups is 1. The van der Waals surface area contributed by atoms with Crippen LogP contribution in [-0.2, 0) is 18.8 Å². The molecule has 0 saturated heterocycles. The van der Waals surface area contributed by atoms with Crippen molar-refractivity contribution in [1.82, 2.24) is 15.1 Å². The molecule has 0 aliphatic heterocycles. The lowest BCUT2D eigenvalue weighted by Gasteiger charge is -2.28. The molecule has 36 heavy (non-hydrogen) atoms. The number of nitrogen functional groups attached to an aromatic ring is 1. The van der Waals surface area contributed by atoms with E-state index in [0.29, 0.717) is 5.75 Å². The summed E-state index contributed by atoms with van der Waals surface area (Å²) >= 11 is 0. The number of halogens is 1. The molecule has 0 aliphatic carbocycles. The van der Waals surface area contributed by atoms with Crippen LogP contribution >= 0.6 is 7.52 Å². The van der Waals surface area contributed by atoms with E-state index in [2.05, 4.69) is 22.0 Å². The number of unbranched alkanes of at least 4 members (excludes halogenated alkanes) is 2. The predicted octanol–water partition coefficient (Wildman–Crippen LogP) is 4.37. The molecular formula is C24H36FN4O6P. The fraction of sp³-hybridized carbons (Fsp3) is 0.542. The molecule has 200 valence electrons. The molecule has 0 spiro atoms. The minimum absolute atomic E-state index is 0.0374. The first-order chi connectivity index (χ1) is 17.3. The lowest BCUT2D eigenvalue weighted by atomic mass is 10.1. The van der Waals surface area contributed by atoms with Crippen LogP contribution in [0.5, 0.6) is 11.8 Å². The Bertz CT molecular complexity index is 969. The van der Waals surface area contributed by atoms with Crippen molar-refractivity contribution in [2.75, 3.05) is 32.0 Å². The summed E-state index contributed by atoms with van der Waals surface area (Å²) in [6, 6.07) is 8.97. The molecule has 1 heterocycles. The minimum Gasteiger partial charge on any atom is -0.465 e. The van der Waals surface area contributed by atoms with Crippen LogP contribution in [0.2, 0.25) is 0 Å². The molecule has 1 aromatic carbocycles. The van der Waals surface area contributed by atoms with Gasteiger partial charge in [-0.15, -0.1) is 0 Å². The SMILES string of the molecule is CCCCCOC(=O)[C@@H](NP(=O)(CO[C@@H](CF)COc1nccc(N)n1)Oc1ccccc1)C(C)C. The number of nitrogens with one attached hydrogen (secondary N) is 1. The number of ether oxygens (including phenoxy) is 3. The van der Waals surface area contributed by atoms with E-state index in [0.717, 1.165) is 19.3 Å². The van der Waals surface area contributed by atoms with Crippen LogP contribution in [0.25, 0.3) is 0 Å². The summed E-state index contributed by atoms with van der Waals surface area (Å²) in [5, 5.41) is 2.81. The second kappa shape index (κ2) is 15.4. The third-order valence-electron chi connectivity index (χ3n) is 4.95. The fourth-order valence-corrected chi connectivity index (χ4v) is 4.85. The summed E-state index contributed by atoms with van der Waals surface area (Å²) < 4.78 is 49.6. The molecule has 0 bridgehead atoms. The third-order valence-corrected chi connectivity index (χ3v) is 6.62. The molecule has 3 atom stereocenters. The van der Waals surface area contributed by atoms with E-state index >= 15 is 0 Å².